The Bertz CT molecular complexity index is 1100. The van der Waals surface area contributed by atoms with Gasteiger partial charge in [0.25, 0.3) is 0 Å². The molecule has 0 atom stereocenters. The van der Waals surface area contributed by atoms with Crippen molar-refractivity contribution < 1.29 is 14.9 Å². The fourth-order valence-electron chi connectivity index (χ4n) is 4.58. The van der Waals surface area contributed by atoms with Crippen molar-refractivity contribution in [3.63, 3.8) is 0 Å². The fourth-order valence-corrected chi connectivity index (χ4v) is 4.58. The van der Waals surface area contributed by atoms with Crippen molar-refractivity contribution in [3.8, 4) is 11.8 Å². The zero-order valence-electron chi connectivity index (χ0n) is 23.5. The number of unbranched alkanes of at least 4 members (excludes halogenated alkanes) is 2. The van der Waals surface area contributed by atoms with E-state index in [0.717, 1.165) is 64.6 Å². The second-order valence-electron chi connectivity index (χ2n) is 11.6. The predicted octanol–water partition coefficient (Wildman–Crippen LogP) is 5.03. The van der Waals surface area contributed by atoms with Crippen LogP contribution in [0.4, 0.5) is 0 Å². The molecule has 2 aromatic heterocycles. The maximum atomic E-state index is 12.3. The van der Waals surface area contributed by atoms with E-state index >= 15 is 0 Å². The van der Waals surface area contributed by atoms with E-state index in [9.17, 15) is 19.8 Å². The molecule has 0 bridgehead atoms. The van der Waals surface area contributed by atoms with Gasteiger partial charge in [-0.05, 0) is 56.3 Å². The summed E-state index contributed by atoms with van der Waals surface area (Å²) >= 11 is 0. The summed E-state index contributed by atoms with van der Waals surface area (Å²) in [4.78, 5) is 24.4. The van der Waals surface area contributed by atoms with Crippen LogP contribution in [0.2, 0.25) is 0 Å². The normalized spacial score (nSPS) is 12.4. The van der Waals surface area contributed by atoms with E-state index in [1.54, 1.807) is 0 Å². The minimum atomic E-state index is -0.262. The minimum Gasteiger partial charge on any atom is -0.493 e. The second kappa shape index (κ2) is 13.7. The summed E-state index contributed by atoms with van der Waals surface area (Å²) in [7, 11) is 0. The fraction of sp³-hybridized carbons (Fsp3) is 0.714. The van der Waals surface area contributed by atoms with Crippen molar-refractivity contribution in [2.75, 3.05) is 13.2 Å². The molecule has 2 aromatic rings. The van der Waals surface area contributed by atoms with Crippen molar-refractivity contribution in [3.05, 3.63) is 39.9 Å². The zero-order chi connectivity index (χ0) is 27.6. The molecule has 0 unspecified atom stereocenters. The van der Waals surface area contributed by atoms with Crippen LogP contribution >= 0.6 is 0 Å². The first-order valence-electron chi connectivity index (χ1n) is 13.6. The lowest BCUT2D eigenvalue weighted by molar-refractivity contribution is 0.119. The largest absolute Gasteiger partial charge is 0.493 e. The summed E-state index contributed by atoms with van der Waals surface area (Å²) in [5.41, 5.74) is -0.260. The zero-order valence-corrected chi connectivity index (χ0v) is 23.5. The molecular formula is C28H48N4O5. The highest BCUT2D eigenvalue weighted by Crippen LogP contribution is 2.30. The van der Waals surface area contributed by atoms with Crippen molar-refractivity contribution in [1.82, 2.24) is 18.3 Å². The van der Waals surface area contributed by atoms with Gasteiger partial charge in [-0.2, -0.15) is 0 Å². The van der Waals surface area contributed by atoms with E-state index in [1.165, 1.54) is 36.9 Å². The van der Waals surface area contributed by atoms with Crippen LogP contribution in [0.5, 0.6) is 11.8 Å². The first-order chi connectivity index (χ1) is 17.4. The van der Waals surface area contributed by atoms with Crippen molar-refractivity contribution in [2.24, 2.45) is 10.8 Å². The molecule has 0 saturated carbocycles. The van der Waals surface area contributed by atoms with E-state index in [-0.39, 0.29) is 34.0 Å². The molecule has 2 rings (SSSR count). The molecular weight excluding hydrogens is 472 g/mol. The number of aromatic nitrogens is 4. The summed E-state index contributed by atoms with van der Waals surface area (Å²) in [6.07, 6.45) is 12.1. The van der Waals surface area contributed by atoms with Crippen LogP contribution in [-0.2, 0) is 24.4 Å². The summed E-state index contributed by atoms with van der Waals surface area (Å²) < 4.78 is 11.5. The van der Waals surface area contributed by atoms with E-state index in [0.29, 0.717) is 19.6 Å². The minimum absolute atomic E-state index is 0.0288. The molecule has 0 amide bonds. The number of aryl methyl sites for hydroxylation is 1. The lowest BCUT2D eigenvalue weighted by Crippen LogP contribution is -2.26. The molecule has 0 spiro atoms. The maximum Gasteiger partial charge on any atom is 0.335 e. The van der Waals surface area contributed by atoms with E-state index in [4.69, 9.17) is 4.74 Å². The third kappa shape index (κ3) is 9.29. The van der Waals surface area contributed by atoms with Crippen LogP contribution in [0.1, 0.15) is 86.0 Å². The second-order valence-corrected chi connectivity index (χ2v) is 11.6. The maximum absolute atomic E-state index is 12.3. The SMILES string of the molecule is C=Cn1cc(O)n(CCC(C)(C)CCCCOCCCCC(C)(C)CCn2c(O)cn(CC)c2=O)c1=O. The Morgan fingerprint density at radius 2 is 1.30 bits per heavy atom. The number of nitrogens with zero attached hydrogens (tertiary/aromatic N) is 4. The molecule has 0 fully saturated rings. The lowest BCUT2D eigenvalue weighted by Gasteiger charge is -2.25. The summed E-state index contributed by atoms with van der Waals surface area (Å²) in [5.74, 6) is 0.0105. The number of aromatic hydroxyl groups is 2. The van der Waals surface area contributed by atoms with Crippen molar-refractivity contribution in [1.29, 1.82) is 0 Å². The van der Waals surface area contributed by atoms with Gasteiger partial charge >= 0.3 is 11.4 Å². The first-order valence-corrected chi connectivity index (χ1v) is 13.6. The molecule has 0 aliphatic carbocycles. The van der Waals surface area contributed by atoms with E-state index in [1.807, 2.05) is 6.92 Å². The number of hydrogen-bond acceptors (Lipinski definition) is 5. The molecule has 37 heavy (non-hydrogen) atoms. The number of ether oxygens (including phenoxy) is 1. The molecule has 0 radical (unpaired) electrons. The average Bonchev–Trinajstić information content (AvgIpc) is 3.27. The highest BCUT2D eigenvalue weighted by atomic mass is 16.5. The Balaban J connectivity index is 1.56. The van der Waals surface area contributed by atoms with Crippen LogP contribution in [-0.4, -0.2) is 41.7 Å². The molecule has 2 N–H and O–H groups in total. The van der Waals surface area contributed by atoms with Gasteiger partial charge in [-0.3, -0.25) is 18.3 Å². The third-order valence-electron chi connectivity index (χ3n) is 7.35. The van der Waals surface area contributed by atoms with E-state index in [2.05, 4.69) is 34.3 Å². The summed E-state index contributed by atoms with van der Waals surface area (Å²) in [5, 5.41) is 20.0. The van der Waals surface area contributed by atoms with E-state index < -0.39 is 0 Å². The van der Waals surface area contributed by atoms with Crippen LogP contribution < -0.4 is 11.4 Å². The molecule has 0 aliphatic heterocycles. The highest BCUT2D eigenvalue weighted by molar-refractivity contribution is 5.21. The molecule has 9 nitrogen and oxygen atoms in total. The lowest BCUT2D eigenvalue weighted by atomic mass is 9.84. The van der Waals surface area contributed by atoms with Gasteiger partial charge in [-0.15, -0.1) is 0 Å². The predicted molar refractivity (Wildman–Crippen MR) is 148 cm³/mol. The topological polar surface area (TPSA) is 104 Å². The van der Waals surface area contributed by atoms with Gasteiger partial charge in [0, 0.05) is 39.0 Å². The molecule has 0 aromatic carbocycles. The first kappa shape index (κ1) is 30.5. The Labute approximate surface area is 221 Å². The average molecular weight is 521 g/mol. The Morgan fingerprint density at radius 1 is 0.811 bits per heavy atom. The quantitative estimate of drug-likeness (QED) is 0.268. The van der Waals surface area contributed by atoms with Gasteiger partial charge in [0.05, 0.1) is 12.4 Å². The number of hydrogen-bond donors (Lipinski definition) is 2. The van der Waals surface area contributed by atoms with Gasteiger partial charge in [-0.1, -0.05) is 47.1 Å². The summed E-state index contributed by atoms with van der Waals surface area (Å²) in [6, 6.07) is 0. The monoisotopic (exact) mass is 520 g/mol. The van der Waals surface area contributed by atoms with Gasteiger partial charge in [-0.25, -0.2) is 9.59 Å². The molecule has 0 saturated heterocycles. The van der Waals surface area contributed by atoms with Crippen LogP contribution in [0.25, 0.3) is 6.20 Å². The smallest absolute Gasteiger partial charge is 0.335 e. The molecule has 210 valence electrons. The van der Waals surface area contributed by atoms with Gasteiger partial charge in [0.15, 0.2) is 0 Å². The van der Waals surface area contributed by atoms with Crippen molar-refractivity contribution >= 4 is 6.20 Å². The van der Waals surface area contributed by atoms with Gasteiger partial charge < -0.3 is 14.9 Å². The van der Waals surface area contributed by atoms with Crippen LogP contribution in [0.15, 0.2) is 28.6 Å². The molecule has 9 heteroatoms. The Kier molecular flexibility index (Phi) is 11.3. The Morgan fingerprint density at radius 3 is 1.73 bits per heavy atom. The number of rotatable bonds is 18. The standard InChI is InChI=1S/C28H48N4O5/c1-7-29-21-23(33)31(25(29)35)17-15-27(3,4)13-9-11-19-37-20-12-10-14-28(5,6)16-18-32-24(34)22-30(8-2)26(32)36/h7,21-22,33-34H,1,8-20H2,2-6H3. The van der Waals surface area contributed by atoms with Gasteiger partial charge in [0.1, 0.15) is 0 Å². The number of imidazole rings is 2. The van der Waals surface area contributed by atoms with Gasteiger partial charge in [0.2, 0.25) is 11.8 Å². The Hall–Kier alpha value is -2.68. The highest BCUT2D eigenvalue weighted by Gasteiger charge is 2.20. The van der Waals surface area contributed by atoms with Crippen LogP contribution in [0, 0.1) is 10.8 Å². The van der Waals surface area contributed by atoms with Crippen LogP contribution in [0.3, 0.4) is 0 Å². The van der Waals surface area contributed by atoms with Crippen molar-refractivity contribution in [2.45, 2.75) is 106 Å². The summed E-state index contributed by atoms with van der Waals surface area (Å²) in [6.45, 7) is 17.3. The third-order valence-corrected chi connectivity index (χ3v) is 7.35. The molecule has 0 aliphatic rings. The molecule has 2 heterocycles.